The van der Waals surface area contributed by atoms with Gasteiger partial charge in [0.1, 0.15) is 0 Å². The van der Waals surface area contributed by atoms with Crippen LogP contribution in [-0.4, -0.2) is 18.0 Å². The van der Waals surface area contributed by atoms with Crippen molar-refractivity contribution in [3.05, 3.63) is 131 Å². The molecule has 6 rings (SSSR count). The lowest BCUT2D eigenvalue weighted by atomic mass is 9.80. The number of benzene rings is 6. The molecule has 0 aliphatic heterocycles. The zero-order valence-electron chi connectivity index (χ0n) is 28.5. The first-order chi connectivity index (χ1) is 24.2. The van der Waals surface area contributed by atoms with E-state index in [0.717, 1.165) is 107 Å². The summed E-state index contributed by atoms with van der Waals surface area (Å²) in [6.45, 7) is 8.23. The first-order valence-corrected chi connectivity index (χ1v) is 17.3. The molecule has 0 N–H and O–H groups in total. The van der Waals surface area contributed by atoms with Crippen LogP contribution in [0.25, 0.3) is 54.9 Å². The number of rotatable bonds is 12. The summed E-state index contributed by atoms with van der Waals surface area (Å²) in [4.78, 5) is 2.35. The van der Waals surface area contributed by atoms with Gasteiger partial charge in [-0.25, -0.2) is 26.3 Å². The zero-order chi connectivity index (χ0) is 35.5. The maximum atomic E-state index is 14.9. The number of hydrogen-bond donors (Lipinski definition) is 0. The van der Waals surface area contributed by atoms with Crippen LogP contribution in [0.1, 0.15) is 57.6 Å². The van der Waals surface area contributed by atoms with Crippen molar-refractivity contribution in [1.82, 2.24) is 4.90 Å². The van der Waals surface area contributed by atoms with Gasteiger partial charge in [-0.15, -0.1) is 0 Å². The fraction of sp³-hybridized carbons (Fsp3) is 0.256. The van der Waals surface area contributed by atoms with E-state index in [4.69, 9.17) is 0 Å². The Morgan fingerprint density at radius 3 is 1.32 bits per heavy atom. The molecule has 6 aromatic carbocycles. The number of unbranched alkanes of at least 4 members (excludes halogenated alkanes) is 2. The molecule has 1 nitrogen and oxygen atoms in total. The van der Waals surface area contributed by atoms with Gasteiger partial charge in [-0.3, -0.25) is 4.90 Å². The van der Waals surface area contributed by atoms with E-state index in [1.54, 1.807) is 0 Å². The van der Waals surface area contributed by atoms with Gasteiger partial charge in [0.2, 0.25) is 0 Å². The standard InChI is InChI=1S/C43H39F6N/c1-4-7-17-50(18-8-5-2)25-35-34(29-23-38(46)43(49)39(47)24-29)20-27-14-10-12-16-32(27)41(35)40-30(6-3)33(19-26-13-9-11-15-31(26)40)28-21-36(44)42(48)37(45)22-28/h9-16,19-24H,4-8,17-18,25H2,1-3H3. The largest absolute Gasteiger partial charge is 0.299 e. The molecular formula is C43H39F6N. The summed E-state index contributed by atoms with van der Waals surface area (Å²) >= 11 is 0. The molecular weight excluding hydrogens is 644 g/mol. The summed E-state index contributed by atoms with van der Waals surface area (Å²) in [5, 5.41) is 3.36. The highest BCUT2D eigenvalue weighted by molar-refractivity contribution is 6.11. The Labute approximate surface area is 289 Å². The monoisotopic (exact) mass is 683 g/mol. The van der Waals surface area contributed by atoms with Crippen LogP contribution >= 0.6 is 0 Å². The Morgan fingerprint density at radius 2 is 0.900 bits per heavy atom. The van der Waals surface area contributed by atoms with Gasteiger partial charge in [0.05, 0.1) is 0 Å². The highest BCUT2D eigenvalue weighted by Gasteiger charge is 2.26. The fourth-order valence-corrected chi connectivity index (χ4v) is 7.08. The molecule has 0 saturated heterocycles. The molecule has 0 aliphatic rings. The van der Waals surface area contributed by atoms with Gasteiger partial charge in [-0.05, 0) is 135 Å². The molecule has 0 bridgehead atoms. The number of hydrogen-bond acceptors (Lipinski definition) is 1. The van der Waals surface area contributed by atoms with E-state index in [0.29, 0.717) is 24.1 Å². The van der Waals surface area contributed by atoms with Gasteiger partial charge in [0.25, 0.3) is 0 Å². The number of halogens is 6. The normalized spacial score (nSPS) is 11.7. The van der Waals surface area contributed by atoms with Crippen LogP contribution in [0.5, 0.6) is 0 Å². The highest BCUT2D eigenvalue weighted by atomic mass is 19.2. The third-order valence-corrected chi connectivity index (χ3v) is 9.54. The molecule has 0 radical (unpaired) electrons. The molecule has 0 aliphatic carbocycles. The second kappa shape index (κ2) is 15.1. The Kier molecular flexibility index (Phi) is 10.6. The maximum Gasteiger partial charge on any atom is 0.194 e. The molecule has 0 saturated carbocycles. The second-order valence-electron chi connectivity index (χ2n) is 12.8. The van der Waals surface area contributed by atoms with Crippen molar-refractivity contribution in [3.63, 3.8) is 0 Å². The van der Waals surface area contributed by atoms with E-state index in [2.05, 4.69) is 18.7 Å². The van der Waals surface area contributed by atoms with E-state index in [1.807, 2.05) is 67.6 Å². The molecule has 0 unspecified atom stereocenters. The van der Waals surface area contributed by atoms with E-state index in [9.17, 15) is 26.3 Å². The number of nitrogens with zero attached hydrogens (tertiary/aromatic N) is 1. The third kappa shape index (κ3) is 6.76. The Bertz CT molecular complexity index is 2140. The van der Waals surface area contributed by atoms with Crippen LogP contribution in [0, 0.1) is 34.9 Å². The first-order valence-electron chi connectivity index (χ1n) is 17.3. The maximum absolute atomic E-state index is 14.9. The summed E-state index contributed by atoms with van der Waals surface area (Å²) in [7, 11) is 0. The molecule has 0 aromatic heterocycles. The molecule has 0 spiro atoms. The molecule has 50 heavy (non-hydrogen) atoms. The van der Waals surface area contributed by atoms with E-state index in [-0.39, 0.29) is 11.1 Å². The number of fused-ring (bicyclic) bond motifs is 2. The van der Waals surface area contributed by atoms with Crippen molar-refractivity contribution < 1.29 is 26.3 Å². The highest BCUT2D eigenvalue weighted by Crippen LogP contribution is 2.47. The van der Waals surface area contributed by atoms with Crippen molar-refractivity contribution in [2.45, 2.75) is 59.4 Å². The molecule has 258 valence electrons. The van der Waals surface area contributed by atoms with Crippen LogP contribution in [0.2, 0.25) is 0 Å². The molecule has 0 heterocycles. The van der Waals surface area contributed by atoms with Gasteiger partial charge in [0, 0.05) is 6.54 Å². The van der Waals surface area contributed by atoms with Crippen molar-refractivity contribution in [1.29, 1.82) is 0 Å². The summed E-state index contributed by atoms with van der Waals surface area (Å²) < 4.78 is 87.9. The predicted molar refractivity (Wildman–Crippen MR) is 192 cm³/mol. The quantitative estimate of drug-likeness (QED) is 0.0917. The molecule has 0 amide bonds. The van der Waals surface area contributed by atoms with Crippen molar-refractivity contribution >= 4 is 21.5 Å². The average molecular weight is 684 g/mol. The Balaban J connectivity index is 1.79. The second-order valence-corrected chi connectivity index (χ2v) is 12.8. The molecule has 6 aromatic rings. The van der Waals surface area contributed by atoms with Crippen LogP contribution < -0.4 is 0 Å². The van der Waals surface area contributed by atoms with Crippen molar-refractivity contribution in [2.75, 3.05) is 13.1 Å². The summed E-state index contributed by atoms with van der Waals surface area (Å²) in [5.41, 5.74) is 4.72. The minimum atomic E-state index is -1.54. The van der Waals surface area contributed by atoms with Crippen molar-refractivity contribution in [3.8, 4) is 33.4 Å². The van der Waals surface area contributed by atoms with Gasteiger partial charge < -0.3 is 0 Å². The lowest BCUT2D eigenvalue weighted by Crippen LogP contribution is -2.26. The molecule has 0 atom stereocenters. The van der Waals surface area contributed by atoms with E-state index in [1.165, 1.54) is 0 Å². The van der Waals surface area contributed by atoms with Crippen molar-refractivity contribution in [2.24, 2.45) is 0 Å². The lowest BCUT2D eigenvalue weighted by molar-refractivity contribution is 0.258. The topological polar surface area (TPSA) is 3.24 Å². The van der Waals surface area contributed by atoms with Crippen LogP contribution in [0.3, 0.4) is 0 Å². The van der Waals surface area contributed by atoms with E-state index < -0.39 is 34.9 Å². The molecule has 0 fully saturated rings. The smallest absolute Gasteiger partial charge is 0.194 e. The minimum absolute atomic E-state index is 0.197. The Morgan fingerprint density at radius 1 is 0.500 bits per heavy atom. The van der Waals surface area contributed by atoms with Gasteiger partial charge >= 0.3 is 0 Å². The lowest BCUT2D eigenvalue weighted by Gasteiger charge is -2.28. The van der Waals surface area contributed by atoms with E-state index >= 15 is 0 Å². The van der Waals surface area contributed by atoms with Crippen LogP contribution in [0.15, 0.2) is 84.9 Å². The average Bonchev–Trinajstić information content (AvgIpc) is 3.12. The van der Waals surface area contributed by atoms with Crippen LogP contribution in [-0.2, 0) is 13.0 Å². The van der Waals surface area contributed by atoms with Gasteiger partial charge in [0.15, 0.2) is 34.9 Å². The molecule has 7 heteroatoms. The van der Waals surface area contributed by atoms with Crippen LogP contribution in [0.4, 0.5) is 26.3 Å². The van der Waals surface area contributed by atoms with Gasteiger partial charge in [-0.2, -0.15) is 0 Å². The summed E-state index contributed by atoms with van der Waals surface area (Å²) in [5.74, 6) is -8.20. The fourth-order valence-electron chi connectivity index (χ4n) is 7.08. The first kappa shape index (κ1) is 35.2. The Hall–Kier alpha value is -4.62. The summed E-state index contributed by atoms with van der Waals surface area (Å²) in [6.07, 6.45) is 4.30. The zero-order valence-corrected chi connectivity index (χ0v) is 28.5. The SMILES string of the molecule is CCCCN(CCCC)Cc1c(-c2cc(F)c(F)c(F)c2)cc2ccccc2c1-c1c(CC)c(-c2cc(F)c(F)c(F)c2)cc2ccccc12. The predicted octanol–water partition coefficient (Wildman–Crippen LogP) is 12.8. The van der Waals surface area contributed by atoms with Gasteiger partial charge in [-0.1, -0.05) is 82.1 Å². The summed E-state index contributed by atoms with van der Waals surface area (Å²) in [6, 6.07) is 23.3. The third-order valence-electron chi connectivity index (χ3n) is 9.54. The minimum Gasteiger partial charge on any atom is -0.299 e.